The van der Waals surface area contributed by atoms with Gasteiger partial charge in [0.15, 0.2) is 0 Å². The molecule has 2 heterocycles. The highest BCUT2D eigenvalue weighted by molar-refractivity contribution is 7.17. The van der Waals surface area contributed by atoms with Crippen LogP contribution >= 0.6 is 22.9 Å². The number of thiophene rings is 1. The molecule has 0 spiro atoms. The molecule has 0 aliphatic carbocycles. The van der Waals surface area contributed by atoms with Crippen LogP contribution in [0, 0.1) is 0 Å². The average molecular weight is 348 g/mol. The molecule has 23 heavy (non-hydrogen) atoms. The van der Waals surface area contributed by atoms with E-state index in [1.54, 1.807) is 19.1 Å². The van der Waals surface area contributed by atoms with Crippen molar-refractivity contribution in [3.63, 3.8) is 0 Å². The van der Waals surface area contributed by atoms with Gasteiger partial charge in [-0.15, -0.1) is 11.3 Å². The van der Waals surface area contributed by atoms with Gasteiger partial charge in [-0.3, -0.25) is 9.36 Å². The Morgan fingerprint density at radius 3 is 2.70 bits per heavy atom. The van der Waals surface area contributed by atoms with E-state index in [0.717, 1.165) is 15.7 Å². The van der Waals surface area contributed by atoms with Crippen molar-refractivity contribution in [2.75, 3.05) is 0 Å². The third-order valence-corrected chi connectivity index (χ3v) is 4.81. The Kier molecular flexibility index (Phi) is 4.19. The van der Waals surface area contributed by atoms with Crippen LogP contribution in [0.4, 0.5) is 0 Å². The Morgan fingerprint density at radius 2 is 2.09 bits per heavy atom. The van der Waals surface area contributed by atoms with Crippen molar-refractivity contribution in [3.05, 3.63) is 51.3 Å². The fraction of sp³-hybridized carbons (Fsp3) is 0.188. The number of hydrogen-bond donors (Lipinski definition) is 0. The van der Waals surface area contributed by atoms with Crippen LogP contribution in [0.3, 0.4) is 0 Å². The van der Waals surface area contributed by atoms with Crippen LogP contribution in [0.15, 0.2) is 40.8 Å². The number of benzene rings is 1. The molecule has 1 aromatic carbocycles. The van der Waals surface area contributed by atoms with Gasteiger partial charge >= 0.3 is 0 Å². The standard InChI is InChI=1S/C16H13ClN2O3S/c1-2-12(16(21)22)19-8-18-14-13(15(19)20)11(7-23-14)9-3-5-10(17)6-4-9/h3-8,12H,2H2,1H3,(H,21,22)/p-1/t12-/m0/s1. The number of carboxylic acids is 1. The van der Waals surface area contributed by atoms with E-state index in [9.17, 15) is 14.7 Å². The summed E-state index contributed by atoms with van der Waals surface area (Å²) in [5, 5.41) is 14.1. The summed E-state index contributed by atoms with van der Waals surface area (Å²) in [6.07, 6.45) is 1.52. The van der Waals surface area contributed by atoms with Crippen molar-refractivity contribution >= 4 is 39.1 Å². The molecule has 0 aliphatic heterocycles. The lowest BCUT2D eigenvalue weighted by Gasteiger charge is -2.18. The highest BCUT2D eigenvalue weighted by Crippen LogP contribution is 2.31. The minimum atomic E-state index is -1.29. The molecule has 118 valence electrons. The first-order chi connectivity index (χ1) is 11.0. The fourth-order valence-corrected chi connectivity index (χ4v) is 3.52. The summed E-state index contributed by atoms with van der Waals surface area (Å²) in [7, 11) is 0. The summed E-state index contributed by atoms with van der Waals surface area (Å²) >= 11 is 7.24. The molecular formula is C16H12ClN2O3S-. The van der Waals surface area contributed by atoms with Crippen molar-refractivity contribution in [1.82, 2.24) is 9.55 Å². The minimum Gasteiger partial charge on any atom is -0.548 e. The van der Waals surface area contributed by atoms with Gasteiger partial charge in [-0.05, 0) is 24.1 Å². The molecule has 0 fully saturated rings. The average Bonchev–Trinajstić information content (AvgIpc) is 2.95. The van der Waals surface area contributed by atoms with Gasteiger partial charge in [0.25, 0.3) is 5.56 Å². The molecule has 0 radical (unpaired) electrons. The zero-order valence-electron chi connectivity index (χ0n) is 12.2. The van der Waals surface area contributed by atoms with Crippen LogP contribution in [-0.4, -0.2) is 15.5 Å². The number of aliphatic carboxylic acids is 1. The molecule has 5 nitrogen and oxygen atoms in total. The maximum absolute atomic E-state index is 12.8. The molecule has 3 aromatic rings. The van der Waals surface area contributed by atoms with Crippen LogP contribution in [0.1, 0.15) is 19.4 Å². The predicted octanol–water partition coefficient (Wildman–Crippen LogP) is 2.48. The number of carboxylic acid groups (broad SMARTS) is 1. The molecule has 0 saturated heterocycles. The molecule has 2 aromatic heterocycles. The van der Waals surface area contributed by atoms with Crippen molar-refractivity contribution in [2.24, 2.45) is 0 Å². The normalized spacial score (nSPS) is 12.4. The Hall–Kier alpha value is -2.18. The van der Waals surface area contributed by atoms with Crippen LogP contribution in [0.2, 0.25) is 5.02 Å². The Bertz CT molecular complexity index is 931. The number of rotatable bonds is 4. The Morgan fingerprint density at radius 1 is 1.39 bits per heavy atom. The number of aromatic nitrogens is 2. The van der Waals surface area contributed by atoms with Gasteiger partial charge in [0.2, 0.25) is 0 Å². The number of nitrogens with zero attached hydrogens (tertiary/aromatic N) is 2. The second kappa shape index (κ2) is 6.14. The van der Waals surface area contributed by atoms with Crippen molar-refractivity contribution in [3.8, 4) is 11.1 Å². The maximum Gasteiger partial charge on any atom is 0.263 e. The summed E-state index contributed by atoms with van der Waals surface area (Å²) in [6.45, 7) is 1.69. The van der Waals surface area contributed by atoms with Gasteiger partial charge in [-0.1, -0.05) is 30.7 Å². The summed E-state index contributed by atoms with van der Waals surface area (Å²) in [4.78, 5) is 28.8. The van der Waals surface area contributed by atoms with Gasteiger partial charge in [0.05, 0.1) is 23.7 Å². The lowest BCUT2D eigenvalue weighted by atomic mass is 10.1. The summed E-state index contributed by atoms with van der Waals surface area (Å²) < 4.78 is 1.13. The number of carbonyl (C=O) groups excluding carboxylic acids is 1. The lowest BCUT2D eigenvalue weighted by Crippen LogP contribution is -2.37. The zero-order valence-corrected chi connectivity index (χ0v) is 13.7. The van der Waals surface area contributed by atoms with Gasteiger partial charge < -0.3 is 9.90 Å². The van der Waals surface area contributed by atoms with Crippen LogP contribution in [0.25, 0.3) is 21.3 Å². The number of fused-ring (bicyclic) bond motifs is 1. The minimum absolute atomic E-state index is 0.246. The highest BCUT2D eigenvalue weighted by atomic mass is 35.5. The predicted molar refractivity (Wildman–Crippen MR) is 88.7 cm³/mol. The van der Waals surface area contributed by atoms with Crippen molar-refractivity contribution in [1.29, 1.82) is 0 Å². The molecule has 0 aliphatic rings. The molecule has 0 saturated carbocycles. The first-order valence-electron chi connectivity index (χ1n) is 6.98. The molecule has 3 rings (SSSR count). The van der Waals surface area contributed by atoms with Gasteiger partial charge in [0, 0.05) is 16.0 Å². The zero-order chi connectivity index (χ0) is 16.6. The molecule has 0 bridgehead atoms. The second-order valence-electron chi connectivity index (χ2n) is 5.04. The van der Waals surface area contributed by atoms with Crippen molar-refractivity contribution < 1.29 is 9.90 Å². The maximum atomic E-state index is 12.8. The number of hydrogen-bond acceptors (Lipinski definition) is 5. The van der Waals surface area contributed by atoms with Crippen molar-refractivity contribution in [2.45, 2.75) is 19.4 Å². The first-order valence-corrected chi connectivity index (χ1v) is 8.23. The van der Waals surface area contributed by atoms with E-state index in [4.69, 9.17) is 11.6 Å². The molecule has 0 N–H and O–H groups in total. The van der Waals surface area contributed by atoms with E-state index in [-0.39, 0.29) is 12.0 Å². The Balaban J connectivity index is 2.24. The smallest absolute Gasteiger partial charge is 0.263 e. The van der Waals surface area contributed by atoms with Gasteiger partial charge in [0.1, 0.15) is 4.83 Å². The molecular weight excluding hydrogens is 336 g/mol. The van der Waals surface area contributed by atoms with Gasteiger partial charge in [-0.2, -0.15) is 0 Å². The fourth-order valence-electron chi connectivity index (χ4n) is 2.49. The second-order valence-corrected chi connectivity index (χ2v) is 6.33. The molecule has 0 unspecified atom stereocenters. The van der Waals surface area contributed by atoms with E-state index in [2.05, 4.69) is 4.98 Å². The summed E-state index contributed by atoms with van der Waals surface area (Å²) in [6, 6.07) is 6.08. The van der Waals surface area contributed by atoms with E-state index in [1.807, 2.05) is 17.5 Å². The lowest BCUT2D eigenvalue weighted by molar-refractivity contribution is -0.310. The molecule has 7 heteroatoms. The molecule has 1 atom stereocenters. The van der Waals surface area contributed by atoms with E-state index in [0.29, 0.717) is 15.2 Å². The topological polar surface area (TPSA) is 75.0 Å². The van der Waals surface area contributed by atoms with Crippen LogP contribution in [-0.2, 0) is 4.79 Å². The monoisotopic (exact) mass is 347 g/mol. The van der Waals surface area contributed by atoms with Crippen LogP contribution < -0.4 is 10.7 Å². The van der Waals surface area contributed by atoms with E-state index < -0.39 is 12.0 Å². The summed E-state index contributed by atoms with van der Waals surface area (Å²) in [5.74, 6) is -1.29. The van der Waals surface area contributed by atoms with Gasteiger partial charge in [-0.25, -0.2) is 4.98 Å². The number of carbonyl (C=O) groups is 1. The van der Waals surface area contributed by atoms with Crippen LogP contribution in [0.5, 0.6) is 0 Å². The van der Waals surface area contributed by atoms with E-state index in [1.165, 1.54) is 17.7 Å². The largest absolute Gasteiger partial charge is 0.548 e. The highest BCUT2D eigenvalue weighted by Gasteiger charge is 2.17. The third-order valence-electron chi connectivity index (χ3n) is 3.67. The first kappa shape index (κ1) is 15.7. The quantitative estimate of drug-likeness (QED) is 0.726. The SMILES string of the molecule is CC[C@@H](C(=O)[O-])n1cnc2scc(-c3ccc(Cl)cc3)c2c1=O. The molecule has 0 amide bonds. The Labute approximate surface area is 140 Å². The third kappa shape index (κ3) is 2.75. The van der Waals surface area contributed by atoms with E-state index >= 15 is 0 Å². The summed E-state index contributed by atoms with van der Waals surface area (Å²) in [5.41, 5.74) is 1.18. The number of halogens is 1.